The van der Waals surface area contributed by atoms with E-state index in [1.54, 1.807) is 10.9 Å². The van der Waals surface area contributed by atoms with Gasteiger partial charge in [-0.2, -0.15) is 5.10 Å². The van der Waals surface area contributed by atoms with E-state index in [1.165, 1.54) is 6.20 Å². The Balaban J connectivity index is 1.62. The highest BCUT2D eigenvalue weighted by atomic mass is 16.2. The van der Waals surface area contributed by atoms with Crippen LogP contribution < -0.4 is 10.6 Å². The van der Waals surface area contributed by atoms with Gasteiger partial charge in [-0.3, -0.25) is 14.9 Å². The third-order valence-corrected chi connectivity index (χ3v) is 3.09. The second-order valence-corrected chi connectivity index (χ2v) is 4.77. The highest BCUT2D eigenvalue weighted by molar-refractivity contribution is 6.04. The van der Waals surface area contributed by atoms with Crippen LogP contribution in [0.5, 0.6) is 0 Å². The molecule has 1 aromatic heterocycles. The average Bonchev–Trinajstić information content (AvgIpc) is 3.07. The summed E-state index contributed by atoms with van der Waals surface area (Å²) in [6.07, 6.45) is 3.18. The smallest absolute Gasteiger partial charge is 0.322 e. The molecule has 0 radical (unpaired) electrons. The molecule has 1 aliphatic heterocycles. The summed E-state index contributed by atoms with van der Waals surface area (Å²) in [4.78, 5) is 35.4. The molecule has 0 atom stereocenters. The fourth-order valence-electron chi connectivity index (χ4n) is 2.09. The normalized spacial score (nSPS) is 14.1. The largest absolute Gasteiger partial charge is 0.325 e. The van der Waals surface area contributed by atoms with Gasteiger partial charge in [0, 0.05) is 0 Å². The zero-order valence-corrected chi connectivity index (χ0v) is 11.5. The molecular formula is C14H13N5O3. The van der Waals surface area contributed by atoms with Crippen molar-refractivity contribution in [2.75, 3.05) is 18.4 Å². The molecule has 112 valence electrons. The number of hydrogen-bond donors (Lipinski definition) is 2. The van der Waals surface area contributed by atoms with E-state index in [9.17, 15) is 14.4 Å². The lowest BCUT2D eigenvalue weighted by Crippen LogP contribution is -2.35. The SMILES string of the molecule is O=C1CN(CC(=O)Nc2cnn(-c3ccccc3)c2)C(=O)N1. The minimum Gasteiger partial charge on any atom is -0.322 e. The van der Waals surface area contributed by atoms with Crippen molar-refractivity contribution < 1.29 is 14.4 Å². The minimum atomic E-state index is -0.555. The van der Waals surface area contributed by atoms with Gasteiger partial charge in [-0.15, -0.1) is 0 Å². The Morgan fingerprint density at radius 1 is 1.27 bits per heavy atom. The van der Waals surface area contributed by atoms with Crippen LogP contribution in [0.1, 0.15) is 0 Å². The molecule has 1 aromatic carbocycles. The van der Waals surface area contributed by atoms with Crippen LogP contribution in [0, 0.1) is 0 Å². The van der Waals surface area contributed by atoms with Crippen LogP contribution in [-0.2, 0) is 9.59 Å². The molecule has 0 spiro atoms. The van der Waals surface area contributed by atoms with Gasteiger partial charge < -0.3 is 10.2 Å². The lowest BCUT2D eigenvalue weighted by Gasteiger charge is -2.11. The van der Waals surface area contributed by atoms with E-state index < -0.39 is 17.8 Å². The molecule has 22 heavy (non-hydrogen) atoms. The van der Waals surface area contributed by atoms with Gasteiger partial charge in [-0.05, 0) is 12.1 Å². The Labute approximate surface area is 125 Å². The number of nitrogens with zero attached hydrogens (tertiary/aromatic N) is 3. The number of anilines is 1. The zero-order chi connectivity index (χ0) is 15.5. The molecular weight excluding hydrogens is 286 g/mol. The molecule has 2 aromatic rings. The van der Waals surface area contributed by atoms with Crippen molar-refractivity contribution in [1.29, 1.82) is 0 Å². The molecule has 4 amide bonds. The van der Waals surface area contributed by atoms with Crippen molar-refractivity contribution >= 4 is 23.5 Å². The molecule has 1 fully saturated rings. The summed E-state index contributed by atoms with van der Waals surface area (Å²) < 4.78 is 1.63. The van der Waals surface area contributed by atoms with Gasteiger partial charge in [-0.1, -0.05) is 18.2 Å². The Bertz CT molecular complexity index is 725. The molecule has 0 saturated carbocycles. The van der Waals surface area contributed by atoms with E-state index in [0.29, 0.717) is 5.69 Å². The van der Waals surface area contributed by atoms with E-state index in [4.69, 9.17) is 0 Å². The number of nitrogens with one attached hydrogen (secondary N) is 2. The fraction of sp³-hybridized carbons (Fsp3) is 0.143. The number of hydrogen-bond acceptors (Lipinski definition) is 4. The van der Waals surface area contributed by atoms with E-state index in [-0.39, 0.29) is 13.1 Å². The second kappa shape index (κ2) is 5.68. The molecule has 0 aliphatic carbocycles. The van der Waals surface area contributed by atoms with Crippen molar-refractivity contribution in [2.45, 2.75) is 0 Å². The zero-order valence-electron chi connectivity index (χ0n) is 11.5. The lowest BCUT2D eigenvalue weighted by molar-refractivity contribution is -0.119. The number of rotatable bonds is 4. The maximum Gasteiger partial charge on any atom is 0.325 e. The first-order chi connectivity index (χ1) is 10.6. The van der Waals surface area contributed by atoms with Crippen LogP contribution in [-0.4, -0.2) is 45.6 Å². The van der Waals surface area contributed by atoms with Gasteiger partial charge in [0.25, 0.3) is 0 Å². The van der Waals surface area contributed by atoms with Crippen molar-refractivity contribution in [1.82, 2.24) is 20.0 Å². The molecule has 0 unspecified atom stereocenters. The topological polar surface area (TPSA) is 96.3 Å². The van der Waals surface area contributed by atoms with Crippen LogP contribution in [0.3, 0.4) is 0 Å². The van der Waals surface area contributed by atoms with Crippen LogP contribution in [0.4, 0.5) is 10.5 Å². The summed E-state index contributed by atoms with van der Waals surface area (Å²) in [7, 11) is 0. The van der Waals surface area contributed by atoms with E-state index in [1.807, 2.05) is 30.3 Å². The molecule has 1 saturated heterocycles. The summed E-state index contributed by atoms with van der Waals surface area (Å²) in [5, 5.41) is 8.91. The quantitative estimate of drug-likeness (QED) is 0.797. The summed E-state index contributed by atoms with van der Waals surface area (Å²) in [5.41, 5.74) is 1.38. The van der Waals surface area contributed by atoms with E-state index in [0.717, 1.165) is 10.6 Å². The maximum atomic E-state index is 11.9. The van der Waals surface area contributed by atoms with Crippen molar-refractivity contribution in [3.05, 3.63) is 42.7 Å². The first-order valence-corrected chi connectivity index (χ1v) is 6.60. The number of aromatic nitrogens is 2. The number of amides is 4. The van der Waals surface area contributed by atoms with Gasteiger partial charge in [0.1, 0.15) is 13.1 Å². The van der Waals surface area contributed by atoms with Gasteiger partial charge >= 0.3 is 6.03 Å². The lowest BCUT2D eigenvalue weighted by atomic mass is 10.3. The monoisotopic (exact) mass is 299 g/mol. The number of benzene rings is 1. The predicted octanol–water partition coefficient (Wildman–Crippen LogP) is 0.363. The Morgan fingerprint density at radius 2 is 2.05 bits per heavy atom. The summed E-state index contributed by atoms with van der Waals surface area (Å²) in [5.74, 6) is -0.799. The Morgan fingerprint density at radius 3 is 2.73 bits per heavy atom. The van der Waals surface area contributed by atoms with Crippen molar-refractivity contribution in [2.24, 2.45) is 0 Å². The third-order valence-electron chi connectivity index (χ3n) is 3.09. The third kappa shape index (κ3) is 2.95. The number of para-hydroxylation sites is 1. The van der Waals surface area contributed by atoms with E-state index >= 15 is 0 Å². The number of imide groups is 1. The van der Waals surface area contributed by atoms with Gasteiger partial charge in [0.2, 0.25) is 11.8 Å². The number of urea groups is 1. The van der Waals surface area contributed by atoms with Gasteiger partial charge in [-0.25, -0.2) is 9.48 Å². The summed E-state index contributed by atoms with van der Waals surface area (Å²) >= 11 is 0. The first kappa shape index (κ1) is 13.8. The van der Waals surface area contributed by atoms with Crippen molar-refractivity contribution in [3.63, 3.8) is 0 Å². The van der Waals surface area contributed by atoms with Crippen LogP contribution in [0.15, 0.2) is 42.7 Å². The molecule has 2 N–H and O–H groups in total. The van der Waals surface area contributed by atoms with E-state index in [2.05, 4.69) is 15.7 Å². The predicted molar refractivity (Wildman–Crippen MR) is 77.3 cm³/mol. The molecule has 3 rings (SSSR count). The fourth-order valence-corrected chi connectivity index (χ4v) is 2.09. The summed E-state index contributed by atoms with van der Waals surface area (Å²) in [6.45, 7) is -0.288. The maximum absolute atomic E-state index is 11.9. The van der Waals surface area contributed by atoms with Crippen LogP contribution in [0.2, 0.25) is 0 Å². The average molecular weight is 299 g/mol. The second-order valence-electron chi connectivity index (χ2n) is 4.77. The number of carbonyl (C=O) groups excluding carboxylic acids is 3. The molecule has 0 bridgehead atoms. The Hall–Kier alpha value is -3.16. The van der Waals surface area contributed by atoms with Crippen molar-refractivity contribution in [3.8, 4) is 5.69 Å². The highest BCUT2D eigenvalue weighted by Gasteiger charge is 2.28. The highest BCUT2D eigenvalue weighted by Crippen LogP contribution is 2.11. The van der Waals surface area contributed by atoms with Gasteiger partial charge in [0.15, 0.2) is 0 Å². The Kier molecular flexibility index (Phi) is 3.57. The molecule has 8 nitrogen and oxygen atoms in total. The molecule has 1 aliphatic rings. The van der Waals surface area contributed by atoms with Crippen LogP contribution >= 0.6 is 0 Å². The molecule has 8 heteroatoms. The molecule has 2 heterocycles. The number of carbonyl (C=O) groups is 3. The minimum absolute atomic E-state index is 0.102. The standard InChI is InChI=1S/C14H13N5O3/c20-12(8-18-9-13(21)17-14(18)22)16-10-6-15-19(7-10)11-4-2-1-3-5-11/h1-7H,8-9H2,(H,16,20)(H,17,21,22). The van der Waals surface area contributed by atoms with Crippen LogP contribution in [0.25, 0.3) is 5.69 Å². The first-order valence-electron chi connectivity index (χ1n) is 6.60. The van der Waals surface area contributed by atoms with Gasteiger partial charge in [0.05, 0.1) is 23.8 Å². The summed E-state index contributed by atoms with van der Waals surface area (Å²) in [6, 6.07) is 8.90.